The van der Waals surface area contributed by atoms with E-state index in [0.29, 0.717) is 16.1 Å². The fraction of sp³-hybridized carbons (Fsp3) is 0.182. The van der Waals surface area contributed by atoms with Crippen LogP contribution in [0, 0.1) is 0 Å². The molecule has 0 aliphatic rings. The number of benzene rings is 1. The van der Waals surface area contributed by atoms with E-state index in [-0.39, 0.29) is 12.1 Å². The Hall–Kier alpha value is -1.82. The van der Waals surface area contributed by atoms with Gasteiger partial charge in [-0.1, -0.05) is 23.9 Å². The van der Waals surface area contributed by atoms with Crippen LogP contribution in [0.15, 0.2) is 34.2 Å². The number of aliphatic carboxylic acids is 1. The normalized spacial score (nSPS) is 10.6. The maximum atomic E-state index is 12.1. The van der Waals surface area contributed by atoms with Crippen LogP contribution in [0.2, 0.25) is 0 Å². The largest absolute Gasteiger partial charge is 0.480 e. The van der Waals surface area contributed by atoms with Crippen molar-refractivity contribution in [2.24, 2.45) is 0 Å². The highest BCUT2D eigenvalue weighted by molar-refractivity contribution is 7.98. The molecule has 0 aliphatic heterocycles. The van der Waals surface area contributed by atoms with Crippen molar-refractivity contribution in [3.05, 3.63) is 34.6 Å². The Kier molecular flexibility index (Phi) is 3.14. The lowest BCUT2D eigenvalue weighted by atomic mass is 10.2. The molecule has 0 unspecified atom stereocenters. The van der Waals surface area contributed by atoms with Crippen LogP contribution in [0.4, 0.5) is 0 Å². The van der Waals surface area contributed by atoms with E-state index in [4.69, 9.17) is 5.11 Å². The molecule has 0 amide bonds. The zero-order valence-electron chi connectivity index (χ0n) is 9.08. The third-order valence-corrected chi connectivity index (χ3v) is 2.98. The van der Waals surface area contributed by atoms with Crippen molar-refractivity contribution in [3.8, 4) is 0 Å². The molecular weight excluding hydrogens is 240 g/mol. The zero-order valence-corrected chi connectivity index (χ0v) is 9.90. The van der Waals surface area contributed by atoms with Gasteiger partial charge in [-0.2, -0.15) is 0 Å². The van der Waals surface area contributed by atoms with Crippen molar-refractivity contribution in [2.75, 3.05) is 6.26 Å². The van der Waals surface area contributed by atoms with Gasteiger partial charge in [0, 0.05) is 0 Å². The van der Waals surface area contributed by atoms with E-state index < -0.39 is 5.97 Å². The Bertz CT molecular complexity index is 636. The van der Waals surface area contributed by atoms with E-state index in [2.05, 4.69) is 4.98 Å². The number of thioether (sulfide) groups is 1. The van der Waals surface area contributed by atoms with Gasteiger partial charge in [0.25, 0.3) is 5.56 Å². The minimum atomic E-state index is -1.06. The fourth-order valence-corrected chi connectivity index (χ4v) is 2.14. The van der Waals surface area contributed by atoms with Crippen LogP contribution in [0.1, 0.15) is 0 Å². The molecule has 1 aromatic carbocycles. The first-order valence-electron chi connectivity index (χ1n) is 4.89. The topological polar surface area (TPSA) is 72.2 Å². The van der Waals surface area contributed by atoms with E-state index in [1.807, 2.05) is 0 Å². The number of carboxylic acid groups (broad SMARTS) is 1. The Morgan fingerprint density at radius 3 is 2.82 bits per heavy atom. The number of carboxylic acids is 1. The van der Waals surface area contributed by atoms with Crippen molar-refractivity contribution in [1.29, 1.82) is 0 Å². The molecule has 1 aromatic heterocycles. The molecule has 1 heterocycles. The molecule has 0 radical (unpaired) electrons. The molecule has 0 saturated carbocycles. The van der Waals surface area contributed by atoms with Crippen molar-refractivity contribution >= 4 is 28.6 Å². The van der Waals surface area contributed by atoms with Crippen LogP contribution < -0.4 is 5.56 Å². The standard InChI is InChI=1S/C11H10N2O3S/c1-17-11-12-8-5-3-2-4-7(8)10(16)13(11)6-9(14)15/h2-5H,6H2,1H3,(H,14,15). The second-order valence-corrected chi connectivity index (χ2v) is 4.17. The Labute approximate surface area is 101 Å². The molecule has 5 nitrogen and oxygen atoms in total. The highest BCUT2D eigenvalue weighted by Gasteiger charge is 2.12. The fourth-order valence-electron chi connectivity index (χ4n) is 1.58. The van der Waals surface area contributed by atoms with Crippen LogP contribution in [0.5, 0.6) is 0 Å². The molecule has 1 N–H and O–H groups in total. The number of carbonyl (C=O) groups is 1. The molecule has 17 heavy (non-hydrogen) atoms. The number of aromatic nitrogens is 2. The Balaban J connectivity index is 2.76. The Morgan fingerprint density at radius 1 is 1.47 bits per heavy atom. The molecule has 0 bridgehead atoms. The van der Waals surface area contributed by atoms with E-state index in [0.717, 1.165) is 0 Å². The van der Waals surface area contributed by atoms with Crippen molar-refractivity contribution in [2.45, 2.75) is 11.7 Å². The first-order chi connectivity index (χ1) is 8.13. The van der Waals surface area contributed by atoms with Crippen LogP contribution in [-0.4, -0.2) is 26.9 Å². The van der Waals surface area contributed by atoms with Gasteiger partial charge in [0.1, 0.15) is 6.54 Å². The average molecular weight is 250 g/mol. The van der Waals surface area contributed by atoms with E-state index in [9.17, 15) is 9.59 Å². The van der Waals surface area contributed by atoms with Crippen molar-refractivity contribution < 1.29 is 9.90 Å². The first kappa shape index (κ1) is 11.7. The molecule has 0 aliphatic carbocycles. The van der Waals surface area contributed by atoms with Crippen LogP contribution in [-0.2, 0) is 11.3 Å². The van der Waals surface area contributed by atoms with Gasteiger partial charge in [-0.05, 0) is 18.4 Å². The van der Waals surface area contributed by atoms with Gasteiger partial charge < -0.3 is 5.11 Å². The average Bonchev–Trinajstić information content (AvgIpc) is 2.32. The summed E-state index contributed by atoms with van der Waals surface area (Å²) in [6.07, 6.45) is 1.76. The predicted octanol–water partition coefficient (Wildman–Crippen LogP) is 1.20. The third-order valence-electron chi connectivity index (χ3n) is 2.30. The number of para-hydroxylation sites is 1. The van der Waals surface area contributed by atoms with Crippen molar-refractivity contribution in [3.63, 3.8) is 0 Å². The highest BCUT2D eigenvalue weighted by atomic mass is 32.2. The molecule has 88 valence electrons. The van der Waals surface area contributed by atoms with Gasteiger partial charge in [-0.25, -0.2) is 4.98 Å². The molecule has 0 saturated heterocycles. The summed E-state index contributed by atoms with van der Waals surface area (Å²) in [7, 11) is 0. The highest BCUT2D eigenvalue weighted by Crippen LogP contribution is 2.14. The predicted molar refractivity (Wildman–Crippen MR) is 65.4 cm³/mol. The van der Waals surface area contributed by atoms with Gasteiger partial charge in [0.05, 0.1) is 10.9 Å². The summed E-state index contributed by atoms with van der Waals surface area (Å²) in [6.45, 7) is -0.368. The molecule has 2 aromatic rings. The quantitative estimate of drug-likeness (QED) is 0.654. The molecule has 6 heteroatoms. The lowest BCUT2D eigenvalue weighted by Gasteiger charge is -2.09. The number of hydrogen-bond donors (Lipinski definition) is 1. The zero-order chi connectivity index (χ0) is 12.4. The minimum absolute atomic E-state index is 0.317. The second-order valence-electron chi connectivity index (χ2n) is 3.40. The lowest BCUT2D eigenvalue weighted by Crippen LogP contribution is -2.26. The summed E-state index contributed by atoms with van der Waals surface area (Å²) in [5, 5.41) is 9.64. The van der Waals surface area contributed by atoms with Crippen LogP contribution in [0.3, 0.4) is 0 Å². The lowest BCUT2D eigenvalue weighted by molar-refractivity contribution is -0.137. The van der Waals surface area contributed by atoms with Gasteiger partial charge in [-0.3, -0.25) is 14.2 Å². The molecule has 2 rings (SSSR count). The summed E-state index contributed by atoms with van der Waals surface area (Å²) in [6, 6.07) is 6.91. The maximum Gasteiger partial charge on any atom is 0.323 e. The molecular formula is C11H10N2O3S. The number of fused-ring (bicyclic) bond motifs is 1. The van der Waals surface area contributed by atoms with Gasteiger partial charge in [-0.15, -0.1) is 0 Å². The SMILES string of the molecule is CSc1nc2ccccc2c(=O)n1CC(=O)O. The Morgan fingerprint density at radius 2 is 2.18 bits per heavy atom. The summed E-state index contributed by atoms with van der Waals surface area (Å²) in [5.41, 5.74) is 0.269. The first-order valence-corrected chi connectivity index (χ1v) is 6.11. The van der Waals surface area contributed by atoms with Crippen LogP contribution >= 0.6 is 11.8 Å². The monoisotopic (exact) mass is 250 g/mol. The third kappa shape index (κ3) is 2.16. The summed E-state index contributed by atoms with van der Waals surface area (Å²) < 4.78 is 1.18. The minimum Gasteiger partial charge on any atom is -0.480 e. The molecule has 0 atom stereocenters. The summed E-state index contributed by atoms with van der Waals surface area (Å²) in [5.74, 6) is -1.06. The number of rotatable bonds is 3. The number of hydrogen-bond acceptors (Lipinski definition) is 4. The number of nitrogens with zero attached hydrogens (tertiary/aromatic N) is 2. The summed E-state index contributed by atoms with van der Waals surface area (Å²) in [4.78, 5) is 27.1. The van der Waals surface area contributed by atoms with E-state index >= 15 is 0 Å². The van der Waals surface area contributed by atoms with E-state index in [1.54, 1.807) is 30.5 Å². The molecule has 0 spiro atoms. The smallest absolute Gasteiger partial charge is 0.323 e. The molecule has 0 fully saturated rings. The van der Waals surface area contributed by atoms with E-state index in [1.165, 1.54) is 16.3 Å². The van der Waals surface area contributed by atoms with Gasteiger partial charge in [0.2, 0.25) is 0 Å². The van der Waals surface area contributed by atoms with Gasteiger partial charge >= 0.3 is 5.97 Å². The van der Waals surface area contributed by atoms with Crippen molar-refractivity contribution in [1.82, 2.24) is 9.55 Å². The maximum absolute atomic E-state index is 12.1. The summed E-state index contributed by atoms with van der Waals surface area (Å²) >= 11 is 1.25. The second kappa shape index (κ2) is 4.58. The van der Waals surface area contributed by atoms with Gasteiger partial charge in [0.15, 0.2) is 5.16 Å². The van der Waals surface area contributed by atoms with Crippen LogP contribution in [0.25, 0.3) is 10.9 Å².